The number of carbonyl (C=O) groups is 2. The summed E-state index contributed by atoms with van der Waals surface area (Å²) in [5.41, 5.74) is 1.08. The molecule has 2 aromatic carbocycles. The van der Waals surface area contributed by atoms with Crippen LogP contribution in [-0.4, -0.2) is 53.8 Å². The molecule has 1 N–H and O–H groups in total. The predicted molar refractivity (Wildman–Crippen MR) is 107 cm³/mol. The second-order valence-electron chi connectivity index (χ2n) is 5.98. The Morgan fingerprint density at radius 2 is 1.34 bits per heavy atom. The number of hydrogen-bond donors (Lipinski definition) is 1. The van der Waals surface area contributed by atoms with Gasteiger partial charge in [0, 0.05) is 5.56 Å². The van der Waals surface area contributed by atoms with Gasteiger partial charge in [-0.25, -0.2) is 0 Å². The highest BCUT2D eigenvalue weighted by atomic mass is 16.5. The van der Waals surface area contributed by atoms with E-state index in [-0.39, 0.29) is 24.7 Å². The Hall–Kier alpha value is -3.42. The van der Waals surface area contributed by atoms with Crippen molar-refractivity contribution in [2.75, 3.05) is 42.1 Å². The summed E-state index contributed by atoms with van der Waals surface area (Å²) in [6, 6.07) is 8.22. The maximum atomic E-state index is 12.4. The first-order chi connectivity index (χ1) is 14.0. The van der Waals surface area contributed by atoms with Gasteiger partial charge in [0.1, 0.15) is 0 Å². The minimum atomic E-state index is -0.312. The molecule has 0 radical (unpaired) electrons. The molecular formula is C21H25NO7. The Labute approximate surface area is 169 Å². The number of hydrogen-bond acceptors (Lipinski definition) is 7. The van der Waals surface area contributed by atoms with Crippen LogP contribution in [0.25, 0.3) is 0 Å². The average molecular weight is 403 g/mol. The van der Waals surface area contributed by atoms with E-state index in [1.165, 1.54) is 35.5 Å². The van der Waals surface area contributed by atoms with Crippen LogP contribution in [0.3, 0.4) is 0 Å². The van der Waals surface area contributed by atoms with Crippen molar-refractivity contribution in [1.82, 2.24) is 5.32 Å². The molecule has 0 aliphatic heterocycles. The van der Waals surface area contributed by atoms with E-state index in [1.54, 1.807) is 30.3 Å². The highest BCUT2D eigenvalue weighted by Crippen LogP contribution is 2.38. The molecule has 0 aliphatic carbocycles. The molecule has 1 amide bonds. The first-order valence-corrected chi connectivity index (χ1v) is 8.78. The van der Waals surface area contributed by atoms with Crippen molar-refractivity contribution in [3.8, 4) is 28.7 Å². The smallest absolute Gasteiger partial charge is 0.224 e. The van der Waals surface area contributed by atoms with Crippen LogP contribution in [0.1, 0.15) is 15.9 Å². The molecule has 0 unspecified atom stereocenters. The fourth-order valence-corrected chi connectivity index (χ4v) is 2.78. The molecule has 156 valence electrons. The predicted octanol–water partition coefficient (Wildman–Crippen LogP) is 2.27. The summed E-state index contributed by atoms with van der Waals surface area (Å²) in [7, 11) is 7.52. The van der Waals surface area contributed by atoms with Gasteiger partial charge >= 0.3 is 0 Å². The number of benzene rings is 2. The molecule has 8 nitrogen and oxygen atoms in total. The van der Waals surface area contributed by atoms with Crippen LogP contribution in [0.5, 0.6) is 28.7 Å². The Morgan fingerprint density at radius 1 is 0.759 bits per heavy atom. The van der Waals surface area contributed by atoms with E-state index < -0.39 is 0 Å². The molecule has 0 spiro atoms. The maximum Gasteiger partial charge on any atom is 0.224 e. The standard InChI is InChI=1S/C21H25NO7/c1-25-16-7-6-14(11-17(16)26-2)15(23)12-22-20(24)10-13-8-18(27-3)21(29-5)19(9-13)28-4/h6-9,11H,10,12H2,1-5H3,(H,22,24). The van der Waals surface area contributed by atoms with E-state index in [0.717, 1.165) is 0 Å². The lowest BCUT2D eigenvalue weighted by Gasteiger charge is -2.14. The molecule has 0 fully saturated rings. The van der Waals surface area contributed by atoms with Crippen molar-refractivity contribution in [3.05, 3.63) is 41.5 Å². The van der Waals surface area contributed by atoms with Gasteiger partial charge < -0.3 is 29.0 Å². The summed E-state index contributed by atoms with van der Waals surface area (Å²) in [5, 5.41) is 2.63. The molecule has 0 atom stereocenters. The summed E-state index contributed by atoms with van der Waals surface area (Å²) in [6.07, 6.45) is 0.0515. The molecule has 0 bridgehead atoms. The van der Waals surface area contributed by atoms with Crippen molar-refractivity contribution in [2.45, 2.75) is 6.42 Å². The van der Waals surface area contributed by atoms with Crippen LogP contribution in [0, 0.1) is 0 Å². The number of Topliss-reactive ketones (excluding diaryl/α,β-unsaturated/α-hetero) is 1. The number of rotatable bonds is 10. The monoisotopic (exact) mass is 403 g/mol. The van der Waals surface area contributed by atoms with Gasteiger partial charge in [-0.2, -0.15) is 0 Å². The van der Waals surface area contributed by atoms with Crippen molar-refractivity contribution < 1.29 is 33.3 Å². The topological polar surface area (TPSA) is 92.3 Å². The number of ether oxygens (including phenoxy) is 5. The second kappa shape index (κ2) is 10.2. The zero-order valence-corrected chi connectivity index (χ0v) is 17.2. The van der Waals surface area contributed by atoms with E-state index in [1.807, 2.05) is 0 Å². The van der Waals surface area contributed by atoms with Crippen LogP contribution in [-0.2, 0) is 11.2 Å². The second-order valence-corrected chi connectivity index (χ2v) is 5.98. The summed E-state index contributed by atoms with van der Waals surface area (Å²) in [5.74, 6) is 1.77. The molecule has 0 saturated carbocycles. The highest BCUT2D eigenvalue weighted by molar-refractivity contribution is 6.00. The zero-order chi connectivity index (χ0) is 21.4. The summed E-state index contributed by atoms with van der Waals surface area (Å²) in [4.78, 5) is 24.7. The molecule has 0 saturated heterocycles. The minimum absolute atomic E-state index is 0.0515. The van der Waals surface area contributed by atoms with Gasteiger partial charge in [-0.3, -0.25) is 9.59 Å². The Balaban J connectivity index is 2.04. The fraction of sp³-hybridized carbons (Fsp3) is 0.333. The molecule has 2 rings (SSSR count). The molecule has 0 aliphatic rings. The highest BCUT2D eigenvalue weighted by Gasteiger charge is 2.16. The quantitative estimate of drug-likeness (QED) is 0.609. The Bertz CT molecular complexity index is 854. The lowest BCUT2D eigenvalue weighted by Crippen LogP contribution is -2.30. The van der Waals surface area contributed by atoms with E-state index in [2.05, 4.69) is 5.32 Å². The SMILES string of the molecule is COc1ccc(C(=O)CNC(=O)Cc2cc(OC)c(OC)c(OC)c2)cc1OC. The normalized spacial score (nSPS) is 10.1. The van der Waals surface area contributed by atoms with Crippen molar-refractivity contribution in [1.29, 1.82) is 0 Å². The van der Waals surface area contributed by atoms with Gasteiger partial charge in [0.05, 0.1) is 48.5 Å². The van der Waals surface area contributed by atoms with Gasteiger partial charge in [-0.05, 0) is 35.9 Å². The summed E-state index contributed by atoms with van der Waals surface area (Å²) in [6.45, 7) is -0.140. The van der Waals surface area contributed by atoms with Crippen LogP contribution >= 0.6 is 0 Å². The van der Waals surface area contributed by atoms with E-state index in [9.17, 15) is 9.59 Å². The molecule has 8 heteroatoms. The van der Waals surface area contributed by atoms with Crippen LogP contribution < -0.4 is 29.0 Å². The van der Waals surface area contributed by atoms with Crippen molar-refractivity contribution >= 4 is 11.7 Å². The number of nitrogens with one attached hydrogen (secondary N) is 1. The number of methoxy groups -OCH3 is 5. The number of ketones is 1. The van der Waals surface area contributed by atoms with E-state index >= 15 is 0 Å². The third kappa shape index (κ3) is 5.31. The molecule has 2 aromatic rings. The van der Waals surface area contributed by atoms with Gasteiger partial charge in [0.25, 0.3) is 0 Å². The van der Waals surface area contributed by atoms with Crippen molar-refractivity contribution in [3.63, 3.8) is 0 Å². The first kappa shape index (κ1) is 21.9. The summed E-state index contributed by atoms with van der Waals surface area (Å²) < 4.78 is 26.2. The fourth-order valence-electron chi connectivity index (χ4n) is 2.78. The molecule has 0 heterocycles. The zero-order valence-electron chi connectivity index (χ0n) is 17.2. The van der Waals surface area contributed by atoms with Gasteiger partial charge in [-0.15, -0.1) is 0 Å². The lowest BCUT2D eigenvalue weighted by atomic mass is 10.1. The van der Waals surface area contributed by atoms with Gasteiger partial charge in [0.15, 0.2) is 28.8 Å². The third-order valence-corrected chi connectivity index (χ3v) is 4.24. The van der Waals surface area contributed by atoms with E-state index in [0.29, 0.717) is 39.9 Å². The van der Waals surface area contributed by atoms with Gasteiger partial charge in [0.2, 0.25) is 11.7 Å². The maximum absolute atomic E-state index is 12.4. The molecule has 29 heavy (non-hydrogen) atoms. The Morgan fingerprint density at radius 3 is 1.86 bits per heavy atom. The van der Waals surface area contributed by atoms with Crippen LogP contribution in [0.4, 0.5) is 0 Å². The first-order valence-electron chi connectivity index (χ1n) is 8.78. The molecule has 0 aromatic heterocycles. The average Bonchev–Trinajstić information content (AvgIpc) is 2.75. The van der Waals surface area contributed by atoms with Crippen LogP contribution in [0.2, 0.25) is 0 Å². The van der Waals surface area contributed by atoms with Gasteiger partial charge in [-0.1, -0.05) is 0 Å². The van der Waals surface area contributed by atoms with Crippen LogP contribution in [0.15, 0.2) is 30.3 Å². The van der Waals surface area contributed by atoms with Crippen molar-refractivity contribution in [2.24, 2.45) is 0 Å². The Kier molecular flexibility index (Phi) is 7.70. The minimum Gasteiger partial charge on any atom is -0.493 e. The lowest BCUT2D eigenvalue weighted by molar-refractivity contribution is -0.120. The third-order valence-electron chi connectivity index (χ3n) is 4.24. The number of amides is 1. The largest absolute Gasteiger partial charge is 0.493 e. The molecular weight excluding hydrogens is 378 g/mol. The number of carbonyl (C=O) groups excluding carboxylic acids is 2. The van der Waals surface area contributed by atoms with E-state index in [4.69, 9.17) is 23.7 Å². The summed E-state index contributed by atoms with van der Waals surface area (Å²) >= 11 is 0.